The van der Waals surface area contributed by atoms with E-state index in [9.17, 15) is 0 Å². The minimum atomic E-state index is -0.0174. The van der Waals surface area contributed by atoms with Crippen molar-refractivity contribution in [2.45, 2.75) is 13.8 Å². The van der Waals surface area contributed by atoms with E-state index in [0.717, 1.165) is 11.3 Å². The molecule has 0 aromatic carbocycles. The van der Waals surface area contributed by atoms with Gasteiger partial charge in [0.2, 0.25) is 0 Å². The Kier molecular flexibility index (Phi) is 1.53. The lowest BCUT2D eigenvalue weighted by molar-refractivity contribution is 0.449. The van der Waals surface area contributed by atoms with E-state index in [1.165, 1.54) is 0 Å². The van der Waals surface area contributed by atoms with Crippen LogP contribution in [-0.4, -0.2) is 5.11 Å². The SMILES string of the molecule is C=C(O)c1cc(C)c(C)o1. The van der Waals surface area contributed by atoms with Gasteiger partial charge in [-0.3, -0.25) is 0 Å². The van der Waals surface area contributed by atoms with E-state index in [4.69, 9.17) is 9.52 Å². The predicted octanol–water partition coefficient (Wildman–Crippen LogP) is 2.43. The van der Waals surface area contributed by atoms with Crippen molar-refractivity contribution < 1.29 is 9.52 Å². The maximum absolute atomic E-state index is 8.87. The standard InChI is InChI=1S/C8H10O2/c1-5-4-8(6(2)9)10-7(5)3/h4,9H,2H2,1,3H3. The lowest BCUT2D eigenvalue weighted by Crippen LogP contribution is -1.71. The highest BCUT2D eigenvalue weighted by Gasteiger charge is 2.04. The molecule has 0 amide bonds. The molecule has 0 aliphatic rings. The molecule has 1 aromatic heterocycles. The van der Waals surface area contributed by atoms with Crippen molar-refractivity contribution in [1.29, 1.82) is 0 Å². The van der Waals surface area contributed by atoms with E-state index in [-0.39, 0.29) is 5.76 Å². The average molecular weight is 138 g/mol. The summed E-state index contributed by atoms with van der Waals surface area (Å²) in [5.41, 5.74) is 1.03. The Morgan fingerprint density at radius 3 is 2.40 bits per heavy atom. The summed E-state index contributed by atoms with van der Waals surface area (Å²) in [5, 5.41) is 8.87. The summed E-state index contributed by atoms with van der Waals surface area (Å²) in [6, 6.07) is 1.76. The number of aliphatic hydroxyl groups is 1. The van der Waals surface area contributed by atoms with Crippen molar-refractivity contribution in [2.75, 3.05) is 0 Å². The lowest BCUT2D eigenvalue weighted by Gasteiger charge is -1.87. The number of rotatable bonds is 1. The van der Waals surface area contributed by atoms with Crippen LogP contribution in [0.4, 0.5) is 0 Å². The fraction of sp³-hybridized carbons (Fsp3) is 0.250. The van der Waals surface area contributed by atoms with Gasteiger partial charge in [0.1, 0.15) is 5.76 Å². The third-order valence-electron chi connectivity index (χ3n) is 1.45. The highest BCUT2D eigenvalue weighted by molar-refractivity contribution is 5.51. The summed E-state index contributed by atoms with van der Waals surface area (Å²) in [6.45, 7) is 7.11. The molecule has 1 aromatic rings. The first-order chi connectivity index (χ1) is 4.61. The minimum absolute atomic E-state index is 0.0174. The van der Waals surface area contributed by atoms with E-state index in [1.54, 1.807) is 6.07 Å². The Morgan fingerprint density at radius 2 is 2.20 bits per heavy atom. The van der Waals surface area contributed by atoms with Crippen molar-refractivity contribution in [3.63, 3.8) is 0 Å². The summed E-state index contributed by atoms with van der Waals surface area (Å²) in [7, 11) is 0. The second-order valence-corrected chi connectivity index (χ2v) is 2.30. The molecule has 0 bridgehead atoms. The van der Waals surface area contributed by atoms with Gasteiger partial charge in [-0.2, -0.15) is 0 Å². The molecule has 0 saturated carbocycles. The molecule has 2 heteroatoms. The number of hydrogen-bond acceptors (Lipinski definition) is 2. The maximum Gasteiger partial charge on any atom is 0.168 e. The van der Waals surface area contributed by atoms with E-state index >= 15 is 0 Å². The van der Waals surface area contributed by atoms with Gasteiger partial charge in [-0.15, -0.1) is 0 Å². The Hall–Kier alpha value is -1.18. The molecule has 1 rings (SSSR count). The van der Waals surface area contributed by atoms with Crippen LogP contribution < -0.4 is 0 Å². The molecule has 0 atom stereocenters. The van der Waals surface area contributed by atoms with Gasteiger partial charge in [0, 0.05) is 0 Å². The molecule has 0 fully saturated rings. The Balaban J connectivity index is 3.10. The van der Waals surface area contributed by atoms with Gasteiger partial charge < -0.3 is 9.52 Å². The van der Waals surface area contributed by atoms with Crippen LogP contribution in [0.15, 0.2) is 17.1 Å². The van der Waals surface area contributed by atoms with Gasteiger partial charge in [0.05, 0.1) is 0 Å². The average Bonchev–Trinajstić information content (AvgIpc) is 2.13. The number of hydrogen-bond donors (Lipinski definition) is 1. The van der Waals surface area contributed by atoms with Gasteiger partial charge in [0.25, 0.3) is 0 Å². The van der Waals surface area contributed by atoms with Crippen LogP contribution in [0.1, 0.15) is 17.1 Å². The molecule has 54 valence electrons. The maximum atomic E-state index is 8.87. The van der Waals surface area contributed by atoms with Gasteiger partial charge in [-0.1, -0.05) is 6.58 Å². The number of aliphatic hydroxyl groups excluding tert-OH is 1. The van der Waals surface area contributed by atoms with Crippen LogP contribution in [0.5, 0.6) is 0 Å². The monoisotopic (exact) mass is 138 g/mol. The molecular formula is C8H10O2. The third-order valence-corrected chi connectivity index (χ3v) is 1.45. The fourth-order valence-electron chi connectivity index (χ4n) is 0.715. The second kappa shape index (κ2) is 2.21. The molecule has 10 heavy (non-hydrogen) atoms. The second-order valence-electron chi connectivity index (χ2n) is 2.30. The zero-order valence-corrected chi connectivity index (χ0v) is 6.14. The van der Waals surface area contributed by atoms with Crippen molar-refractivity contribution in [3.8, 4) is 0 Å². The number of furan rings is 1. The molecule has 1 heterocycles. The molecule has 1 N–H and O–H groups in total. The first-order valence-electron chi connectivity index (χ1n) is 3.06. The van der Waals surface area contributed by atoms with Crippen molar-refractivity contribution >= 4 is 5.76 Å². The first-order valence-corrected chi connectivity index (χ1v) is 3.06. The molecule has 0 saturated heterocycles. The smallest absolute Gasteiger partial charge is 0.168 e. The van der Waals surface area contributed by atoms with Crippen molar-refractivity contribution in [2.24, 2.45) is 0 Å². The van der Waals surface area contributed by atoms with Gasteiger partial charge in [-0.05, 0) is 25.5 Å². The van der Waals surface area contributed by atoms with Crippen LogP contribution >= 0.6 is 0 Å². The molecule has 2 nitrogen and oxygen atoms in total. The topological polar surface area (TPSA) is 33.4 Å². The number of aryl methyl sites for hydroxylation is 2. The molecule has 0 radical (unpaired) electrons. The Bertz CT molecular complexity index is 239. The summed E-state index contributed by atoms with van der Waals surface area (Å²) in [6.07, 6.45) is 0. The van der Waals surface area contributed by atoms with Crippen molar-refractivity contribution in [3.05, 3.63) is 29.7 Å². The molecule has 0 aliphatic carbocycles. The van der Waals surface area contributed by atoms with Crippen LogP contribution in [0.25, 0.3) is 5.76 Å². The normalized spacial score (nSPS) is 9.80. The molecular weight excluding hydrogens is 128 g/mol. The van der Waals surface area contributed by atoms with E-state index in [1.807, 2.05) is 13.8 Å². The van der Waals surface area contributed by atoms with Crippen molar-refractivity contribution in [1.82, 2.24) is 0 Å². The van der Waals surface area contributed by atoms with E-state index in [0.29, 0.717) is 5.76 Å². The Labute approximate surface area is 59.8 Å². The molecule has 0 aliphatic heterocycles. The van der Waals surface area contributed by atoms with Crippen LogP contribution in [0.2, 0.25) is 0 Å². The van der Waals surface area contributed by atoms with Gasteiger partial charge in [-0.25, -0.2) is 0 Å². The predicted molar refractivity (Wildman–Crippen MR) is 39.8 cm³/mol. The van der Waals surface area contributed by atoms with E-state index in [2.05, 4.69) is 6.58 Å². The molecule has 0 spiro atoms. The van der Waals surface area contributed by atoms with E-state index < -0.39 is 0 Å². The fourth-order valence-corrected chi connectivity index (χ4v) is 0.715. The zero-order chi connectivity index (χ0) is 7.72. The quantitative estimate of drug-likeness (QED) is 0.604. The first kappa shape index (κ1) is 6.93. The largest absolute Gasteiger partial charge is 0.505 e. The zero-order valence-electron chi connectivity index (χ0n) is 6.14. The summed E-state index contributed by atoms with van der Waals surface area (Å²) >= 11 is 0. The lowest BCUT2D eigenvalue weighted by atomic mass is 10.3. The van der Waals surface area contributed by atoms with Crippen LogP contribution in [-0.2, 0) is 0 Å². The van der Waals surface area contributed by atoms with Crippen LogP contribution in [0.3, 0.4) is 0 Å². The summed E-state index contributed by atoms with van der Waals surface area (Å²) in [5.74, 6) is 1.26. The van der Waals surface area contributed by atoms with Gasteiger partial charge >= 0.3 is 0 Å². The summed E-state index contributed by atoms with van der Waals surface area (Å²) in [4.78, 5) is 0. The summed E-state index contributed by atoms with van der Waals surface area (Å²) < 4.78 is 5.13. The van der Waals surface area contributed by atoms with Gasteiger partial charge in [0.15, 0.2) is 11.5 Å². The van der Waals surface area contributed by atoms with Crippen LogP contribution in [0, 0.1) is 13.8 Å². The highest BCUT2D eigenvalue weighted by atomic mass is 16.4. The Morgan fingerprint density at radius 1 is 1.60 bits per heavy atom. The highest BCUT2D eigenvalue weighted by Crippen LogP contribution is 2.17. The minimum Gasteiger partial charge on any atom is -0.505 e. The third kappa shape index (κ3) is 1.05. The molecule has 0 unspecified atom stereocenters.